The maximum absolute atomic E-state index is 14.0. The fraction of sp³-hybridized carbons (Fsp3) is 0.250. The molecule has 1 unspecified atom stereocenters. The molecule has 0 aliphatic heterocycles. The minimum absolute atomic E-state index is 0.302. The van der Waals surface area contributed by atoms with Crippen molar-refractivity contribution < 1.29 is 4.39 Å². The van der Waals surface area contributed by atoms with E-state index in [1.54, 1.807) is 6.07 Å². The van der Waals surface area contributed by atoms with Gasteiger partial charge in [0.15, 0.2) is 0 Å². The average molecular weight is 293 g/mol. The van der Waals surface area contributed by atoms with Crippen LogP contribution in [0.2, 0.25) is 5.02 Å². The maximum Gasteiger partial charge on any atom is 0.128 e. The Kier molecular flexibility index (Phi) is 4.76. The molecule has 0 saturated heterocycles. The van der Waals surface area contributed by atoms with E-state index in [1.165, 1.54) is 28.8 Å². The molecule has 0 bridgehead atoms. The number of hydrazine groups is 1. The van der Waals surface area contributed by atoms with Gasteiger partial charge in [-0.3, -0.25) is 11.3 Å². The van der Waals surface area contributed by atoms with E-state index in [4.69, 9.17) is 17.4 Å². The topological polar surface area (TPSA) is 38.0 Å². The van der Waals surface area contributed by atoms with E-state index >= 15 is 0 Å². The van der Waals surface area contributed by atoms with Gasteiger partial charge in [-0.25, -0.2) is 4.39 Å². The lowest BCUT2D eigenvalue weighted by Crippen LogP contribution is -2.30. The molecular formula is C16H18ClFN2. The van der Waals surface area contributed by atoms with Gasteiger partial charge >= 0.3 is 0 Å². The summed E-state index contributed by atoms with van der Waals surface area (Å²) in [6.45, 7) is 4.09. The summed E-state index contributed by atoms with van der Waals surface area (Å²) in [5, 5.41) is 0.503. The second kappa shape index (κ2) is 6.35. The minimum Gasteiger partial charge on any atom is -0.271 e. The molecule has 0 aromatic heterocycles. The molecule has 0 heterocycles. The van der Waals surface area contributed by atoms with Crippen LogP contribution in [-0.2, 0) is 6.42 Å². The Balaban J connectivity index is 2.36. The monoisotopic (exact) mass is 292 g/mol. The molecule has 0 fully saturated rings. The predicted octanol–water partition coefficient (Wildman–Crippen LogP) is 3.84. The lowest BCUT2D eigenvalue weighted by molar-refractivity contribution is 0.509. The van der Waals surface area contributed by atoms with Gasteiger partial charge in [-0.2, -0.15) is 0 Å². The van der Waals surface area contributed by atoms with Crippen molar-refractivity contribution in [1.29, 1.82) is 0 Å². The van der Waals surface area contributed by atoms with E-state index in [0.29, 0.717) is 17.0 Å². The number of nitrogens with one attached hydrogen (secondary N) is 1. The van der Waals surface area contributed by atoms with E-state index < -0.39 is 0 Å². The fourth-order valence-corrected chi connectivity index (χ4v) is 2.60. The van der Waals surface area contributed by atoms with Crippen molar-refractivity contribution in [2.45, 2.75) is 26.3 Å². The molecule has 20 heavy (non-hydrogen) atoms. The molecule has 0 saturated carbocycles. The third kappa shape index (κ3) is 3.18. The molecule has 2 nitrogen and oxygen atoms in total. The SMILES string of the molecule is Cc1cccc(C)c1CC(NN)c1cc(Cl)ccc1F. The van der Waals surface area contributed by atoms with Crippen molar-refractivity contribution in [3.05, 3.63) is 69.5 Å². The number of aryl methyl sites for hydroxylation is 2. The van der Waals surface area contributed by atoms with Gasteiger partial charge in [-0.15, -0.1) is 0 Å². The zero-order valence-electron chi connectivity index (χ0n) is 11.6. The Labute approximate surface area is 123 Å². The number of benzene rings is 2. The zero-order chi connectivity index (χ0) is 14.7. The zero-order valence-corrected chi connectivity index (χ0v) is 12.3. The molecule has 0 aliphatic rings. The normalized spacial score (nSPS) is 12.4. The minimum atomic E-state index is -0.312. The van der Waals surface area contributed by atoms with Crippen LogP contribution in [0, 0.1) is 19.7 Å². The number of rotatable bonds is 4. The van der Waals surface area contributed by atoms with Crippen LogP contribution in [0.1, 0.15) is 28.3 Å². The third-order valence-electron chi connectivity index (χ3n) is 3.59. The summed E-state index contributed by atoms with van der Waals surface area (Å²) in [5.41, 5.74) is 6.70. The largest absolute Gasteiger partial charge is 0.271 e. The van der Waals surface area contributed by atoms with E-state index in [0.717, 1.165) is 0 Å². The molecule has 2 aromatic rings. The van der Waals surface area contributed by atoms with Crippen molar-refractivity contribution in [2.24, 2.45) is 5.84 Å². The smallest absolute Gasteiger partial charge is 0.128 e. The summed E-state index contributed by atoms with van der Waals surface area (Å²) < 4.78 is 14.0. The van der Waals surface area contributed by atoms with Crippen LogP contribution in [0.25, 0.3) is 0 Å². The predicted molar refractivity (Wildman–Crippen MR) is 81.1 cm³/mol. The van der Waals surface area contributed by atoms with Gasteiger partial charge in [-0.05, 0) is 55.2 Å². The van der Waals surface area contributed by atoms with Crippen LogP contribution in [0.5, 0.6) is 0 Å². The number of halogens is 2. The molecule has 3 N–H and O–H groups in total. The van der Waals surface area contributed by atoms with Gasteiger partial charge in [0.25, 0.3) is 0 Å². The lowest BCUT2D eigenvalue weighted by atomic mass is 9.93. The molecule has 1 atom stereocenters. The van der Waals surface area contributed by atoms with E-state index in [-0.39, 0.29) is 11.9 Å². The van der Waals surface area contributed by atoms with Gasteiger partial charge in [0, 0.05) is 10.6 Å². The molecule has 2 aromatic carbocycles. The van der Waals surface area contributed by atoms with Gasteiger partial charge in [-0.1, -0.05) is 29.8 Å². The molecule has 0 aliphatic carbocycles. The van der Waals surface area contributed by atoms with E-state index in [2.05, 4.69) is 5.43 Å². The highest BCUT2D eigenvalue weighted by Crippen LogP contribution is 2.26. The van der Waals surface area contributed by atoms with Crippen LogP contribution in [-0.4, -0.2) is 0 Å². The first-order chi connectivity index (χ1) is 9.52. The average Bonchev–Trinajstić information content (AvgIpc) is 2.42. The summed E-state index contributed by atoms with van der Waals surface area (Å²) in [6, 6.07) is 10.3. The van der Waals surface area contributed by atoms with Crippen molar-refractivity contribution in [3.63, 3.8) is 0 Å². The summed E-state index contributed by atoms with van der Waals surface area (Å²) in [7, 11) is 0. The number of hydrogen-bond donors (Lipinski definition) is 2. The third-order valence-corrected chi connectivity index (χ3v) is 3.82. The maximum atomic E-state index is 14.0. The molecule has 2 rings (SSSR count). The van der Waals surface area contributed by atoms with Crippen LogP contribution < -0.4 is 11.3 Å². The lowest BCUT2D eigenvalue weighted by Gasteiger charge is -2.20. The number of nitrogens with two attached hydrogens (primary N) is 1. The van der Waals surface area contributed by atoms with Crippen molar-refractivity contribution >= 4 is 11.6 Å². The van der Waals surface area contributed by atoms with Crippen molar-refractivity contribution in [2.75, 3.05) is 0 Å². The van der Waals surface area contributed by atoms with Gasteiger partial charge in [0.2, 0.25) is 0 Å². The Morgan fingerprint density at radius 3 is 2.45 bits per heavy atom. The standard InChI is InChI=1S/C16H18ClFN2/c1-10-4-3-5-11(2)13(10)9-16(20-19)14-8-12(17)6-7-15(14)18/h3-8,16,20H,9,19H2,1-2H3. The van der Waals surface area contributed by atoms with Gasteiger partial charge in [0.05, 0.1) is 6.04 Å². The second-order valence-electron chi connectivity index (χ2n) is 4.96. The van der Waals surface area contributed by atoms with E-state index in [1.807, 2.05) is 32.0 Å². The fourth-order valence-electron chi connectivity index (χ4n) is 2.42. The van der Waals surface area contributed by atoms with Crippen LogP contribution >= 0.6 is 11.6 Å². The van der Waals surface area contributed by atoms with Crippen LogP contribution in [0.4, 0.5) is 4.39 Å². The molecule has 0 radical (unpaired) electrons. The summed E-state index contributed by atoms with van der Waals surface area (Å²) >= 11 is 5.95. The molecule has 4 heteroatoms. The Hall–Kier alpha value is -1.42. The summed E-state index contributed by atoms with van der Waals surface area (Å²) in [4.78, 5) is 0. The Morgan fingerprint density at radius 2 is 1.85 bits per heavy atom. The highest BCUT2D eigenvalue weighted by atomic mass is 35.5. The van der Waals surface area contributed by atoms with E-state index in [9.17, 15) is 4.39 Å². The van der Waals surface area contributed by atoms with Gasteiger partial charge < -0.3 is 0 Å². The van der Waals surface area contributed by atoms with Crippen LogP contribution in [0.15, 0.2) is 36.4 Å². The highest BCUT2D eigenvalue weighted by Gasteiger charge is 2.17. The highest BCUT2D eigenvalue weighted by molar-refractivity contribution is 6.30. The Morgan fingerprint density at radius 1 is 1.20 bits per heavy atom. The summed E-state index contributed by atoms with van der Waals surface area (Å²) in [5.74, 6) is 5.31. The quantitative estimate of drug-likeness (QED) is 0.664. The first-order valence-corrected chi connectivity index (χ1v) is 6.87. The van der Waals surface area contributed by atoms with Crippen LogP contribution in [0.3, 0.4) is 0 Å². The summed E-state index contributed by atoms with van der Waals surface area (Å²) in [6.07, 6.45) is 0.617. The molecule has 106 valence electrons. The molecular weight excluding hydrogens is 275 g/mol. The van der Waals surface area contributed by atoms with Crippen molar-refractivity contribution in [1.82, 2.24) is 5.43 Å². The van der Waals surface area contributed by atoms with Crippen molar-refractivity contribution in [3.8, 4) is 0 Å². The first kappa shape index (κ1) is 15.0. The first-order valence-electron chi connectivity index (χ1n) is 6.49. The van der Waals surface area contributed by atoms with Gasteiger partial charge in [0.1, 0.15) is 5.82 Å². The molecule has 0 amide bonds. The number of hydrogen-bond acceptors (Lipinski definition) is 2. The Bertz CT molecular complexity index is 593. The molecule has 0 spiro atoms. The second-order valence-corrected chi connectivity index (χ2v) is 5.40.